The van der Waals surface area contributed by atoms with Crippen molar-refractivity contribution < 1.29 is 18.8 Å². The van der Waals surface area contributed by atoms with Gasteiger partial charge in [0.05, 0.1) is 14.2 Å². The third-order valence-corrected chi connectivity index (χ3v) is 4.44. The molecule has 0 bridgehead atoms. The topological polar surface area (TPSA) is 73.6 Å². The van der Waals surface area contributed by atoms with Gasteiger partial charge in [0, 0.05) is 17.3 Å². The van der Waals surface area contributed by atoms with Crippen molar-refractivity contribution in [3.63, 3.8) is 0 Å². The first-order valence-corrected chi connectivity index (χ1v) is 9.24. The van der Waals surface area contributed by atoms with Crippen molar-refractivity contribution in [2.75, 3.05) is 19.5 Å². The summed E-state index contributed by atoms with van der Waals surface area (Å²) in [5.41, 5.74) is 2.93. The molecule has 0 spiro atoms. The molecule has 1 amide bonds. The van der Waals surface area contributed by atoms with Gasteiger partial charge < -0.3 is 19.3 Å². The van der Waals surface area contributed by atoms with Gasteiger partial charge in [0.1, 0.15) is 0 Å². The lowest BCUT2D eigenvalue weighted by molar-refractivity contribution is 0.101. The molecule has 1 heterocycles. The maximum absolute atomic E-state index is 12.5. The molecule has 28 heavy (non-hydrogen) atoms. The summed E-state index contributed by atoms with van der Waals surface area (Å²) >= 11 is 0. The lowest BCUT2D eigenvalue weighted by atomic mass is 10.1. The number of rotatable bonds is 8. The Bertz CT molecular complexity index is 932. The van der Waals surface area contributed by atoms with E-state index in [-0.39, 0.29) is 11.6 Å². The molecule has 3 rings (SSSR count). The van der Waals surface area contributed by atoms with E-state index in [2.05, 4.69) is 17.4 Å². The third-order valence-electron chi connectivity index (χ3n) is 4.44. The highest BCUT2D eigenvalue weighted by Crippen LogP contribution is 2.32. The Morgan fingerprint density at radius 2 is 1.79 bits per heavy atom. The highest BCUT2D eigenvalue weighted by molar-refractivity contribution is 6.03. The minimum Gasteiger partial charge on any atom is -0.493 e. The second kappa shape index (κ2) is 9.08. The zero-order valence-electron chi connectivity index (χ0n) is 16.3. The average Bonchev–Trinajstić information content (AvgIpc) is 3.23. The minimum absolute atomic E-state index is 0.208. The summed E-state index contributed by atoms with van der Waals surface area (Å²) in [5, 5.41) is 6.73. The number of ether oxygens (including phenoxy) is 2. The van der Waals surface area contributed by atoms with Gasteiger partial charge in [-0.25, -0.2) is 0 Å². The number of anilines is 1. The summed E-state index contributed by atoms with van der Waals surface area (Å²) in [5.74, 6) is 1.34. The predicted octanol–water partition coefficient (Wildman–Crippen LogP) is 4.95. The van der Waals surface area contributed by atoms with Crippen molar-refractivity contribution in [3.05, 3.63) is 59.8 Å². The smallest absolute Gasteiger partial charge is 0.277 e. The van der Waals surface area contributed by atoms with Crippen LogP contribution < -0.4 is 14.8 Å². The van der Waals surface area contributed by atoms with Gasteiger partial charge in [-0.1, -0.05) is 30.6 Å². The molecule has 6 heteroatoms. The van der Waals surface area contributed by atoms with Crippen LogP contribution in [-0.2, 0) is 6.42 Å². The number of aryl methyl sites for hydroxylation is 1. The molecule has 0 radical (unpaired) electrons. The van der Waals surface area contributed by atoms with Crippen LogP contribution in [0.1, 0.15) is 35.8 Å². The Balaban J connectivity index is 1.70. The summed E-state index contributed by atoms with van der Waals surface area (Å²) in [6.45, 7) is 2.17. The lowest BCUT2D eigenvalue weighted by Crippen LogP contribution is -2.12. The van der Waals surface area contributed by atoms with Crippen molar-refractivity contribution in [1.29, 1.82) is 0 Å². The number of amides is 1. The van der Waals surface area contributed by atoms with E-state index in [1.807, 2.05) is 30.3 Å². The number of benzene rings is 2. The van der Waals surface area contributed by atoms with Crippen LogP contribution >= 0.6 is 0 Å². The van der Waals surface area contributed by atoms with Gasteiger partial charge in [0.2, 0.25) is 0 Å². The first-order valence-electron chi connectivity index (χ1n) is 9.24. The standard InChI is InChI=1S/C22H24N2O4/c1-4-5-6-15-7-10-17(11-8-15)23-22(25)18-14-20(28-24-18)16-9-12-19(26-2)21(13-16)27-3/h7-14H,4-6H2,1-3H3,(H,23,25). The van der Waals surface area contributed by atoms with Gasteiger partial charge in [-0.15, -0.1) is 0 Å². The van der Waals surface area contributed by atoms with Crippen molar-refractivity contribution in [2.24, 2.45) is 0 Å². The zero-order chi connectivity index (χ0) is 19.9. The quantitative estimate of drug-likeness (QED) is 0.598. The molecule has 0 saturated carbocycles. The molecule has 2 aromatic carbocycles. The summed E-state index contributed by atoms with van der Waals surface area (Å²) in [6.07, 6.45) is 3.36. The molecule has 1 aromatic heterocycles. The molecule has 1 N–H and O–H groups in total. The molecule has 146 valence electrons. The van der Waals surface area contributed by atoms with Crippen LogP contribution in [0.5, 0.6) is 11.5 Å². The highest BCUT2D eigenvalue weighted by atomic mass is 16.5. The maximum atomic E-state index is 12.5. The Labute approximate surface area is 164 Å². The van der Waals surface area contributed by atoms with Gasteiger partial charge in [0.25, 0.3) is 5.91 Å². The minimum atomic E-state index is -0.322. The summed E-state index contributed by atoms with van der Waals surface area (Å²) < 4.78 is 15.9. The van der Waals surface area contributed by atoms with Crippen LogP contribution in [-0.4, -0.2) is 25.3 Å². The van der Waals surface area contributed by atoms with Gasteiger partial charge >= 0.3 is 0 Å². The summed E-state index contributed by atoms with van der Waals surface area (Å²) in [6, 6.07) is 14.8. The van der Waals surface area contributed by atoms with Gasteiger partial charge in [-0.05, 0) is 48.7 Å². The van der Waals surface area contributed by atoms with Gasteiger partial charge in [0.15, 0.2) is 23.0 Å². The molecule has 0 atom stereocenters. The number of carbonyl (C=O) groups excluding carboxylic acids is 1. The molecule has 6 nitrogen and oxygen atoms in total. The predicted molar refractivity (Wildman–Crippen MR) is 108 cm³/mol. The van der Waals surface area contributed by atoms with Crippen molar-refractivity contribution in [2.45, 2.75) is 26.2 Å². The Morgan fingerprint density at radius 3 is 2.46 bits per heavy atom. The molecule has 0 saturated heterocycles. The van der Waals surface area contributed by atoms with Gasteiger partial charge in [-0.3, -0.25) is 4.79 Å². The van der Waals surface area contributed by atoms with Crippen molar-refractivity contribution in [1.82, 2.24) is 5.16 Å². The Hall–Kier alpha value is -3.28. The fraction of sp³-hybridized carbons (Fsp3) is 0.273. The number of nitrogens with zero attached hydrogens (tertiary/aromatic N) is 1. The summed E-state index contributed by atoms with van der Waals surface area (Å²) in [4.78, 5) is 12.5. The fourth-order valence-corrected chi connectivity index (χ4v) is 2.84. The molecule has 0 aliphatic heterocycles. The van der Waals surface area contributed by atoms with E-state index < -0.39 is 0 Å². The fourth-order valence-electron chi connectivity index (χ4n) is 2.84. The summed E-state index contributed by atoms with van der Waals surface area (Å²) in [7, 11) is 3.14. The van der Waals surface area contributed by atoms with Crippen LogP contribution in [0, 0.1) is 0 Å². The normalized spacial score (nSPS) is 10.5. The lowest BCUT2D eigenvalue weighted by Gasteiger charge is -2.07. The second-order valence-electron chi connectivity index (χ2n) is 6.40. The average molecular weight is 380 g/mol. The molecular formula is C22H24N2O4. The van der Waals surface area contributed by atoms with Crippen LogP contribution in [0.3, 0.4) is 0 Å². The van der Waals surface area contributed by atoms with E-state index in [1.54, 1.807) is 32.4 Å². The third kappa shape index (κ3) is 4.52. The second-order valence-corrected chi connectivity index (χ2v) is 6.40. The molecule has 0 fully saturated rings. The SMILES string of the molecule is CCCCc1ccc(NC(=O)c2cc(-c3ccc(OC)c(OC)c3)on2)cc1. The first-order chi connectivity index (χ1) is 13.6. The number of aromatic nitrogens is 1. The van der Waals surface area contributed by atoms with Gasteiger partial charge in [-0.2, -0.15) is 0 Å². The number of hydrogen-bond acceptors (Lipinski definition) is 5. The number of hydrogen-bond donors (Lipinski definition) is 1. The van der Waals surface area contributed by atoms with E-state index >= 15 is 0 Å². The zero-order valence-corrected chi connectivity index (χ0v) is 16.3. The Morgan fingerprint density at radius 1 is 1.04 bits per heavy atom. The number of methoxy groups -OCH3 is 2. The van der Waals surface area contributed by atoms with Crippen molar-refractivity contribution in [3.8, 4) is 22.8 Å². The largest absolute Gasteiger partial charge is 0.493 e. The van der Waals surface area contributed by atoms with E-state index in [1.165, 1.54) is 5.56 Å². The van der Waals surface area contributed by atoms with E-state index in [4.69, 9.17) is 14.0 Å². The van der Waals surface area contributed by atoms with Crippen molar-refractivity contribution >= 4 is 11.6 Å². The number of unbranched alkanes of at least 4 members (excludes halogenated alkanes) is 1. The number of nitrogens with one attached hydrogen (secondary N) is 1. The van der Waals surface area contributed by atoms with E-state index in [0.29, 0.717) is 17.3 Å². The van der Waals surface area contributed by atoms with E-state index in [0.717, 1.165) is 30.5 Å². The monoisotopic (exact) mass is 380 g/mol. The van der Waals surface area contributed by atoms with Crippen LogP contribution in [0.15, 0.2) is 53.1 Å². The maximum Gasteiger partial charge on any atom is 0.277 e. The molecular weight excluding hydrogens is 356 g/mol. The number of carbonyl (C=O) groups is 1. The molecule has 0 unspecified atom stereocenters. The molecule has 0 aliphatic rings. The highest BCUT2D eigenvalue weighted by Gasteiger charge is 2.15. The molecule has 0 aliphatic carbocycles. The van der Waals surface area contributed by atoms with Crippen LogP contribution in [0.4, 0.5) is 5.69 Å². The van der Waals surface area contributed by atoms with Crippen LogP contribution in [0.25, 0.3) is 11.3 Å². The molecule has 3 aromatic rings. The Kier molecular flexibility index (Phi) is 6.32. The van der Waals surface area contributed by atoms with E-state index in [9.17, 15) is 4.79 Å². The van der Waals surface area contributed by atoms with Crippen LogP contribution in [0.2, 0.25) is 0 Å². The first kappa shape index (κ1) is 19.5.